The molecule has 0 spiro atoms. The SMILES string of the molecule is CC(C)(C)c1ccc(Sc2ccc(CN3C=CCc4cccc(O)c43)s2)cc1. The van der Waals surface area contributed by atoms with Gasteiger partial charge in [0.1, 0.15) is 5.75 Å². The van der Waals surface area contributed by atoms with Crippen LogP contribution in [0, 0.1) is 0 Å². The van der Waals surface area contributed by atoms with Crippen LogP contribution < -0.4 is 4.90 Å². The van der Waals surface area contributed by atoms with Crippen molar-refractivity contribution in [1.29, 1.82) is 0 Å². The number of rotatable bonds is 4. The summed E-state index contributed by atoms with van der Waals surface area (Å²) in [4.78, 5) is 4.70. The van der Waals surface area contributed by atoms with Crippen molar-refractivity contribution in [1.82, 2.24) is 0 Å². The van der Waals surface area contributed by atoms with Gasteiger partial charge in [-0.05, 0) is 53.3 Å². The summed E-state index contributed by atoms with van der Waals surface area (Å²) in [5.74, 6) is 0.354. The number of phenolic OH excluding ortho intramolecular Hbond substituents is 1. The molecule has 0 atom stereocenters. The Morgan fingerprint density at radius 2 is 1.82 bits per heavy atom. The lowest BCUT2D eigenvalue weighted by Gasteiger charge is -2.26. The predicted octanol–water partition coefficient (Wildman–Crippen LogP) is 6.98. The van der Waals surface area contributed by atoms with Crippen molar-refractivity contribution in [3.63, 3.8) is 0 Å². The van der Waals surface area contributed by atoms with Gasteiger partial charge >= 0.3 is 0 Å². The minimum Gasteiger partial charge on any atom is -0.506 e. The molecule has 28 heavy (non-hydrogen) atoms. The average Bonchev–Trinajstić information content (AvgIpc) is 3.08. The molecule has 2 aromatic carbocycles. The van der Waals surface area contributed by atoms with Crippen LogP contribution in [-0.4, -0.2) is 5.11 Å². The number of para-hydroxylation sites is 1. The van der Waals surface area contributed by atoms with E-state index in [1.165, 1.54) is 25.1 Å². The molecule has 0 fully saturated rings. The lowest BCUT2D eigenvalue weighted by Crippen LogP contribution is -2.19. The maximum atomic E-state index is 10.3. The number of thiophene rings is 1. The van der Waals surface area contributed by atoms with Crippen LogP contribution in [0.1, 0.15) is 36.8 Å². The van der Waals surface area contributed by atoms with Crippen LogP contribution in [0.15, 0.2) is 76.0 Å². The summed E-state index contributed by atoms with van der Waals surface area (Å²) in [6.07, 6.45) is 5.11. The topological polar surface area (TPSA) is 23.5 Å². The van der Waals surface area contributed by atoms with Gasteiger partial charge in [-0.15, -0.1) is 11.3 Å². The van der Waals surface area contributed by atoms with E-state index in [1.807, 2.05) is 29.2 Å². The van der Waals surface area contributed by atoms with Crippen LogP contribution in [0.2, 0.25) is 0 Å². The molecule has 0 radical (unpaired) electrons. The Hall–Kier alpha value is -2.17. The molecule has 0 unspecified atom stereocenters. The van der Waals surface area contributed by atoms with Gasteiger partial charge in [-0.25, -0.2) is 0 Å². The highest BCUT2D eigenvalue weighted by Gasteiger charge is 2.18. The summed E-state index contributed by atoms with van der Waals surface area (Å²) in [7, 11) is 0. The summed E-state index contributed by atoms with van der Waals surface area (Å²) in [6, 6.07) is 19.0. The highest BCUT2D eigenvalue weighted by atomic mass is 32.2. The Morgan fingerprint density at radius 1 is 1.04 bits per heavy atom. The van der Waals surface area contributed by atoms with E-state index in [2.05, 4.69) is 80.4 Å². The van der Waals surface area contributed by atoms with E-state index in [4.69, 9.17) is 0 Å². The smallest absolute Gasteiger partial charge is 0.139 e. The second-order valence-corrected chi connectivity index (χ2v) is 10.6. The van der Waals surface area contributed by atoms with E-state index in [-0.39, 0.29) is 5.41 Å². The quantitative estimate of drug-likeness (QED) is 0.505. The van der Waals surface area contributed by atoms with Crippen LogP contribution in [0.5, 0.6) is 5.75 Å². The number of phenols is 1. The van der Waals surface area contributed by atoms with Crippen LogP contribution in [0.25, 0.3) is 0 Å². The Labute approximate surface area is 175 Å². The van der Waals surface area contributed by atoms with Gasteiger partial charge < -0.3 is 10.0 Å². The van der Waals surface area contributed by atoms with E-state index >= 15 is 0 Å². The minimum atomic E-state index is 0.184. The lowest BCUT2D eigenvalue weighted by molar-refractivity contribution is 0.474. The van der Waals surface area contributed by atoms with Crippen molar-refractivity contribution >= 4 is 28.8 Å². The number of hydrogen-bond donors (Lipinski definition) is 1. The molecule has 0 amide bonds. The lowest BCUT2D eigenvalue weighted by atomic mass is 9.87. The molecule has 1 aromatic heterocycles. The van der Waals surface area contributed by atoms with Gasteiger partial charge in [0.25, 0.3) is 0 Å². The van der Waals surface area contributed by atoms with E-state index in [1.54, 1.807) is 6.07 Å². The van der Waals surface area contributed by atoms with Crippen molar-refractivity contribution in [2.45, 2.75) is 48.3 Å². The molecule has 1 aliphatic heterocycles. The first-order valence-electron chi connectivity index (χ1n) is 9.51. The molecule has 0 aliphatic carbocycles. The molecule has 1 aliphatic rings. The zero-order valence-electron chi connectivity index (χ0n) is 16.5. The second kappa shape index (κ2) is 7.69. The standard InChI is InChI=1S/C24H25NOS2/c1-24(2,3)18-9-11-19(12-10-18)27-22-14-13-20(28-22)16-25-15-5-7-17-6-4-8-21(26)23(17)25/h4-6,8-15,26H,7,16H2,1-3H3. The summed E-state index contributed by atoms with van der Waals surface area (Å²) < 4.78 is 1.29. The van der Waals surface area contributed by atoms with Gasteiger partial charge in [-0.1, -0.05) is 62.9 Å². The molecular formula is C24H25NOS2. The molecule has 0 saturated heterocycles. The molecule has 0 bridgehead atoms. The molecule has 4 rings (SSSR count). The van der Waals surface area contributed by atoms with Crippen LogP contribution >= 0.6 is 23.1 Å². The second-order valence-electron chi connectivity index (χ2n) is 8.10. The van der Waals surface area contributed by atoms with E-state index in [0.717, 1.165) is 18.7 Å². The fourth-order valence-electron chi connectivity index (χ4n) is 3.39. The Balaban J connectivity index is 1.47. The van der Waals surface area contributed by atoms with Crippen molar-refractivity contribution in [2.24, 2.45) is 0 Å². The fraction of sp³-hybridized carbons (Fsp3) is 0.250. The third kappa shape index (κ3) is 4.13. The van der Waals surface area contributed by atoms with Gasteiger partial charge in [-0.2, -0.15) is 0 Å². The number of anilines is 1. The molecule has 2 heterocycles. The largest absolute Gasteiger partial charge is 0.506 e. The maximum Gasteiger partial charge on any atom is 0.139 e. The van der Waals surface area contributed by atoms with Gasteiger partial charge in [-0.3, -0.25) is 0 Å². The number of nitrogens with zero attached hydrogens (tertiary/aromatic N) is 1. The number of hydrogen-bond acceptors (Lipinski definition) is 4. The van der Waals surface area contributed by atoms with E-state index < -0.39 is 0 Å². The first-order chi connectivity index (χ1) is 13.4. The summed E-state index contributed by atoms with van der Waals surface area (Å²) in [6.45, 7) is 7.50. The van der Waals surface area contributed by atoms with Crippen molar-refractivity contribution < 1.29 is 5.11 Å². The summed E-state index contributed by atoms with van der Waals surface area (Å²) in [5, 5.41) is 10.3. The number of fused-ring (bicyclic) bond motifs is 1. The molecule has 2 nitrogen and oxygen atoms in total. The third-order valence-corrected chi connectivity index (χ3v) is 7.12. The first-order valence-corrected chi connectivity index (χ1v) is 11.1. The van der Waals surface area contributed by atoms with Gasteiger partial charge in [0.15, 0.2) is 0 Å². The van der Waals surface area contributed by atoms with Crippen LogP contribution in [0.4, 0.5) is 5.69 Å². The van der Waals surface area contributed by atoms with Gasteiger partial charge in [0, 0.05) is 16.0 Å². The van der Waals surface area contributed by atoms with Crippen molar-refractivity contribution in [3.8, 4) is 5.75 Å². The van der Waals surface area contributed by atoms with Crippen LogP contribution in [0.3, 0.4) is 0 Å². The average molecular weight is 408 g/mol. The highest BCUT2D eigenvalue weighted by molar-refractivity contribution is 8.01. The summed E-state index contributed by atoms with van der Waals surface area (Å²) >= 11 is 3.63. The van der Waals surface area contributed by atoms with Gasteiger partial charge in [0.05, 0.1) is 16.4 Å². The Kier molecular flexibility index (Phi) is 5.26. The maximum absolute atomic E-state index is 10.3. The first kappa shape index (κ1) is 19.2. The monoisotopic (exact) mass is 407 g/mol. The predicted molar refractivity (Wildman–Crippen MR) is 121 cm³/mol. The number of benzene rings is 2. The molecular weight excluding hydrogens is 382 g/mol. The minimum absolute atomic E-state index is 0.184. The number of allylic oxidation sites excluding steroid dienone is 1. The molecule has 4 heteroatoms. The fourth-order valence-corrected chi connectivity index (χ4v) is 5.54. The zero-order valence-corrected chi connectivity index (χ0v) is 18.1. The molecule has 1 N–H and O–H groups in total. The number of aromatic hydroxyl groups is 1. The van der Waals surface area contributed by atoms with Crippen LogP contribution in [-0.2, 0) is 18.4 Å². The molecule has 0 saturated carbocycles. The summed E-state index contributed by atoms with van der Waals surface area (Å²) in [5.41, 5.74) is 3.65. The third-order valence-electron chi connectivity index (χ3n) is 4.91. The highest BCUT2D eigenvalue weighted by Crippen LogP contribution is 2.38. The zero-order chi connectivity index (χ0) is 19.7. The van der Waals surface area contributed by atoms with E-state index in [0.29, 0.717) is 5.75 Å². The van der Waals surface area contributed by atoms with E-state index in [9.17, 15) is 5.11 Å². The van der Waals surface area contributed by atoms with Gasteiger partial charge in [0.2, 0.25) is 0 Å². The molecule has 144 valence electrons. The Bertz CT molecular complexity index is 996. The Morgan fingerprint density at radius 3 is 2.57 bits per heavy atom. The van der Waals surface area contributed by atoms with Crippen molar-refractivity contribution in [2.75, 3.05) is 4.90 Å². The molecule has 3 aromatic rings. The van der Waals surface area contributed by atoms with Crippen molar-refractivity contribution in [3.05, 3.63) is 82.9 Å². The normalized spacial score (nSPS) is 13.6.